The van der Waals surface area contributed by atoms with Crippen molar-refractivity contribution in [3.05, 3.63) is 75.9 Å². The van der Waals surface area contributed by atoms with Crippen LogP contribution in [0.4, 0.5) is 0 Å². The van der Waals surface area contributed by atoms with Gasteiger partial charge in [-0.25, -0.2) is 4.98 Å². The minimum Gasteiger partial charge on any atom is -0.481 e. The van der Waals surface area contributed by atoms with Gasteiger partial charge in [0.25, 0.3) is 5.91 Å². The molecule has 6 nitrogen and oxygen atoms in total. The monoisotopic (exact) mass is 474 g/mol. The summed E-state index contributed by atoms with van der Waals surface area (Å²) in [6.07, 6.45) is 2.70. The molecule has 1 heterocycles. The van der Waals surface area contributed by atoms with Crippen molar-refractivity contribution in [3.63, 3.8) is 0 Å². The molecule has 0 radical (unpaired) electrons. The van der Waals surface area contributed by atoms with Crippen molar-refractivity contribution in [2.45, 2.75) is 39.2 Å². The zero-order valence-electron chi connectivity index (χ0n) is 17.8. The van der Waals surface area contributed by atoms with E-state index >= 15 is 0 Å². The predicted octanol–water partition coefficient (Wildman–Crippen LogP) is 5.66. The largest absolute Gasteiger partial charge is 0.481 e. The number of nitrogens with zero attached hydrogens (tertiary/aromatic N) is 1. The van der Waals surface area contributed by atoms with Gasteiger partial charge in [0.05, 0.1) is 12.1 Å². The van der Waals surface area contributed by atoms with Crippen LogP contribution in [0.15, 0.2) is 53.1 Å². The smallest absolute Gasteiger partial charge is 0.306 e. The summed E-state index contributed by atoms with van der Waals surface area (Å²) < 4.78 is 5.42. The fourth-order valence-corrected chi connectivity index (χ4v) is 3.78. The van der Waals surface area contributed by atoms with Crippen LogP contribution in [0.3, 0.4) is 0 Å². The molecular weight excluding hydrogens is 451 g/mol. The Morgan fingerprint density at radius 1 is 1.16 bits per heavy atom. The molecule has 0 aliphatic carbocycles. The van der Waals surface area contributed by atoms with Crippen LogP contribution < -0.4 is 5.32 Å². The van der Waals surface area contributed by atoms with Crippen LogP contribution >= 0.6 is 23.2 Å². The standard InChI is InChI=1S/C24H24Cl2N2O4/c1-3-22-27-13-21(32-22)23(29)28-18(10-14(2)24(30)31)11-15-4-6-16(7-5-15)19-12-17(25)8-9-20(19)26/h4-9,12-14,18H,3,10-11H2,1-2H3,(H,28,29)(H,30,31)/t14-,18?/m1/s1. The van der Waals surface area contributed by atoms with E-state index < -0.39 is 23.8 Å². The second kappa shape index (κ2) is 10.7. The molecule has 0 saturated heterocycles. The van der Waals surface area contributed by atoms with Gasteiger partial charge < -0.3 is 14.8 Å². The van der Waals surface area contributed by atoms with Crippen molar-refractivity contribution >= 4 is 35.1 Å². The number of carbonyl (C=O) groups is 2. The maximum atomic E-state index is 12.6. The number of carboxylic acid groups (broad SMARTS) is 1. The molecule has 1 amide bonds. The lowest BCUT2D eigenvalue weighted by Crippen LogP contribution is -2.38. The van der Waals surface area contributed by atoms with Crippen LogP contribution in [0.2, 0.25) is 10.0 Å². The van der Waals surface area contributed by atoms with E-state index in [0.717, 1.165) is 16.7 Å². The first-order chi connectivity index (χ1) is 15.3. The van der Waals surface area contributed by atoms with Crippen molar-refractivity contribution in [2.24, 2.45) is 5.92 Å². The number of oxazole rings is 1. The Labute approximate surface area is 196 Å². The SMILES string of the molecule is CCc1ncc(C(=O)NC(Cc2ccc(-c3cc(Cl)ccc3Cl)cc2)C[C@@H](C)C(=O)O)o1. The van der Waals surface area contributed by atoms with E-state index in [2.05, 4.69) is 10.3 Å². The Kier molecular flexibility index (Phi) is 7.94. The van der Waals surface area contributed by atoms with Crippen molar-refractivity contribution in [1.29, 1.82) is 0 Å². The van der Waals surface area contributed by atoms with Gasteiger partial charge in [-0.3, -0.25) is 9.59 Å². The fourth-order valence-electron chi connectivity index (χ4n) is 3.38. The summed E-state index contributed by atoms with van der Waals surface area (Å²) in [6, 6.07) is 12.6. The Balaban J connectivity index is 1.77. The zero-order valence-corrected chi connectivity index (χ0v) is 19.3. The van der Waals surface area contributed by atoms with E-state index in [9.17, 15) is 14.7 Å². The van der Waals surface area contributed by atoms with Crippen LogP contribution in [0, 0.1) is 5.92 Å². The number of carbonyl (C=O) groups excluding carboxylic acids is 1. The summed E-state index contributed by atoms with van der Waals surface area (Å²) in [7, 11) is 0. The summed E-state index contributed by atoms with van der Waals surface area (Å²) in [4.78, 5) is 28.0. The highest BCUT2D eigenvalue weighted by Crippen LogP contribution is 2.31. The molecular formula is C24H24Cl2N2O4. The van der Waals surface area contributed by atoms with Gasteiger partial charge in [-0.2, -0.15) is 0 Å². The van der Waals surface area contributed by atoms with E-state index in [-0.39, 0.29) is 12.2 Å². The number of nitrogens with one attached hydrogen (secondary N) is 1. The molecule has 32 heavy (non-hydrogen) atoms. The highest BCUT2D eigenvalue weighted by Gasteiger charge is 2.22. The number of rotatable bonds is 9. The average Bonchev–Trinajstić information content (AvgIpc) is 3.25. The molecule has 8 heteroatoms. The Morgan fingerprint density at radius 2 is 1.88 bits per heavy atom. The summed E-state index contributed by atoms with van der Waals surface area (Å²) >= 11 is 12.4. The van der Waals surface area contributed by atoms with Crippen LogP contribution in [-0.4, -0.2) is 28.0 Å². The maximum Gasteiger partial charge on any atom is 0.306 e. The first kappa shape index (κ1) is 23.8. The molecule has 2 N–H and O–H groups in total. The highest BCUT2D eigenvalue weighted by atomic mass is 35.5. The third-order valence-electron chi connectivity index (χ3n) is 5.15. The Hall–Kier alpha value is -2.83. The van der Waals surface area contributed by atoms with Crippen LogP contribution in [-0.2, 0) is 17.6 Å². The van der Waals surface area contributed by atoms with Crippen molar-refractivity contribution < 1.29 is 19.1 Å². The molecule has 0 fully saturated rings. The molecule has 1 aromatic heterocycles. The van der Waals surface area contributed by atoms with Crippen molar-refractivity contribution in [2.75, 3.05) is 0 Å². The second-order valence-electron chi connectivity index (χ2n) is 7.64. The van der Waals surface area contributed by atoms with Gasteiger partial charge in [0.2, 0.25) is 5.76 Å². The quantitative estimate of drug-likeness (QED) is 0.417. The highest BCUT2D eigenvalue weighted by molar-refractivity contribution is 6.35. The summed E-state index contributed by atoms with van der Waals surface area (Å²) in [6.45, 7) is 3.50. The van der Waals surface area contributed by atoms with Gasteiger partial charge in [-0.05, 0) is 42.2 Å². The summed E-state index contributed by atoms with van der Waals surface area (Å²) in [5.41, 5.74) is 2.68. The van der Waals surface area contributed by atoms with E-state index in [1.54, 1.807) is 25.1 Å². The molecule has 0 bridgehead atoms. The molecule has 0 saturated carbocycles. The molecule has 1 unspecified atom stereocenters. The molecule has 168 valence electrons. The lowest BCUT2D eigenvalue weighted by atomic mass is 9.95. The number of hydrogen-bond acceptors (Lipinski definition) is 4. The second-order valence-corrected chi connectivity index (χ2v) is 8.49. The number of aromatic nitrogens is 1. The average molecular weight is 475 g/mol. The third kappa shape index (κ3) is 6.11. The van der Waals surface area contributed by atoms with Gasteiger partial charge in [-0.15, -0.1) is 0 Å². The minimum absolute atomic E-state index is 0.112. The molecule has 2 atom stereocenters. The van der Waals surface area contributed by atoms with Crippen LogP contribution in [0.25, 0.3) is 11.1 Å². The number of carboxylic acids is 1. The number of amides is 1. The lowest BCUT2D eigenvalue weighted by molar-refractivity contribution is -0.141. The number of hydrogen-bond donors (Lipinski definition) is 2. The number of halogens is 2. The third-order valence-corrected chi connectivity index (χ3v) is 5.71. The molecule has 0 spiro atoms. The molecule has 2 aromatic carbocycles. The molecule has 3 aromatic rings. The predicted molar refractivity (Wildman–Crippen MR) is 124 cm³/mol. The summed E-state index contributed by atoms with van der Waals surface area (Å²) in [5.74, 6) is -1.36. The van der Waals surface area contributed by atoms with Crippen molar-refractivity contribution in [1.82, 2.24) is 10.3 Å². The molecule has 0 aliphatic rings. The van der Waals surface area contributed by atoms with Crippen LogP contribution in [0.5, 0.6) is 0 Å². The van der Waals surface area contributed by atoms with Crippen LogP contribution in [0.1, 0.15) is 42.3 Å². The van der Waals surface area contributed by atoms with Crippen molar-refractivity contribution in [3.8, 4) is 11.1 Å². The lowest BCUT2D eigenvalue weighted by Gasteiger charge is -2.20. The Bertz CT molecular complexity index is 1100. The van der Waals surface area contributed by atoms with Gasteiger partial charge in [0.15, 0.2) is 5.89 Å². The van der Waals surface area contributed by atoms with Gasteiger partial charge in [0, 0.05) is 28.1 Å². The minimum atomic E-state index is -0.914. The van der Waals surface area contributed by atoms with E-state index in [1.165, 1.54) is 6.20 Å². The number of aryl methyl sites for hydroxylation is 1. The fraction of sp³-hybridized carbons (Fsp3) is 0.292. The van der Waals surface area contributed by atoms with Gasteiger partial charge in [-0.1, -0.05) is 61.3 Å². The van der Waals surface area contributed by atoms with E-state index in [4.69, 9.17) is 27.6 Å². The van der Waals surface area contributed by atoms with E-state index in [1.807, 2.05) is 31.2 Å². The number of benzene rings is 2. The topological polar surface area (TPSA) is 92.4 Å². The maximum absolute atomic E-state index is 12.6. The first-order valence-electron chi connectivity index (χ1n) is 10.3. The van der Waals surface area contributed by atoms with E-state index in [0.29, 0.717) is 28.8 Å². The first-order valence-corrected chi connectivity index (χ1v) is 11.0. The number of aliphatic carboxylic acids is 1. The summed E-state index contributed by atoms with van der Waals surface area (Å²) in [5, 5.41) is 13.4. The molecule has 3 rings (SSSR count). The Morgan fingerprint density at radius 3 is 2.50 bits per heavy atom. The van der Waals surface area contributed by atoms with Gasteiger partial charge in [0.1, 0.15) is 0 Å². The van der Waals surface area contributed by atoms with Gasteiger partial charge >= 0.3 is 5.97 Å². The normalized spacial score (nSPS) is 12.9. The molecule has 0 aliphatic heterocycles. The zero-order chi connectivity index (χ0) is 23.3.